The molecule has 0 heterocycles. The predicted octanol–water partition coefficient (Wildman–Crippen LogP) is -0.830. The number of likely N-dealkylation sites (N-methyl/N-ethyl adjacent to an activating group) is 1. The highest BCUT2D eigenvalue weighted by atomic mass is 32.2. The van der Waals surface area contributed by atoms with Crippen LogP contribution in [0.1, 0.15) is 13.8 Å². The van der Waals surface area contributed by atoms with Crippen LogP contribution in [-0.2, 0) is 14.9 Å². The van der Waals surface area contributed by atoms with E-state index >= 15 is 0 Å². The number of methoxy groups -OCH3 is 1. The Bertz CT molecular complexity index is 276. The summed E-state index contributed by atoms with van der Waals surface area (Å²) < 4.78 is 31.5. The largest absolute Gasteiger partial charge is 0.394 e. The summed E-state index contributed by atoms with van der Waals surface area (Å²) in [5, 5.41) is 9.04. The Morgan fingerprint density at radius 2 is 2.00 bits per heavy atom. The van der Waals surface area contributed by atoms with E-state index in [0.717, 1.165) is 4.31 Å². The maximum atomic E-state index is 11.7. The molecule has 15 heavy (non-hydrogen) atoms. The highest BCUT2D eigenvalue weighted by molar-refractivity contribution is 7.87. The molecule has 0 rings (SSSR count). The molecule has 0 aromatic carbocycles. The molecule has 92 valence electrons. The molecule has 0 radical (unpaired) electrons. The Morgan fingerprint density at radius 1 is 1.47 bits per heavy atom. The Morgan fingerprint density at radius 3 is 2.40 bits per heavy atom. The minimum atomic E-state index is -3.56. The van der Waals surface area contributed by atoms with Gasteiger partial charge in [-0.15, -0.1) is 0 Å². The van der Waals surface area contributed by atoms with Crippen LogP contribution in [0.5, 0.6) is 0 Å². The van der Waals surface area contributed by atoms with Crippen molar-refractivity contribution >= 4 is 10.2 Å². The molecule has 0 spiro atoms. The molecule has 6 nitrogen and oxygen atoms in total. The highest BCUT2D eigenvalue weighted by Crippen LogP contribution is 2.14. The SMILES string of the molecule is COCCNS(=O)(=O)N(C)C(C)(C)CO. The van der Waals surface area contributed by atoms with E-state index in [1.807, 2.05) is 0 Å². The number of nitrogens with zero attached hydrogens (tertiary/aromatic N) is 1. The van der Waals surface area contributed by atoms with Crippen molar-refractivity contribution in [3.63, 3.8) is 0 Å². The normalized spacial score (nSPS) is 13.5. The summed E-state index contributed by atoms with van der Waals surface area (Å²) in [6.45, 7) is 3.57. The van der Waals surface area contributed by atoms with Crippen LogP contribution < -0.4 is 4.72 Å². The number of ether oxygens (including phenoxy) is 1. The summed E-state index contributed by atoms with van der Waals surface area (Å²) >= 11 is 0. The van der Waals surface area contributed by atoms with Gasteiger partial charge < -0.3 is 9.84 Å². The van der Waals surface area contributed by atoms with Crippen molar-refractivity contribution in [2.75, 3.05) is 33.9 Å². The molecule has 0 aromatic heterocycles. The monoisotopic (exact) mass is 240 g/mol. The van der Waals surface area contributed by atoms with E-state index in [-0.39, 0.29) is 13.2 Å². The highest BCUT2D eigenvalue weighted by Gasteiger charge is 2.31. The van der Waals surface area contributed by atoms with Gasteiger partial charge in [0, 0.05) is 20.7 Å². The van der Waals surface area contributed by atoms with Crippen LogP contribution >= 0.6 is 0 Å². The minimum absolute atomic E-state index is 0.213. The first-order chi connectivity index (χ1) is 6.78. The fraction of sp³-hybridized carbons (Fsp3) is 1.00. The lowest BCUT2D eigenvalue weighted by Crippen LogP contribution is -2.52. The van der Waals surface area contributed by atoms with Crippen LogP contribution in [-0.4, -0.2) is 57.3 Å². The average Bonchev–Trinajstić information content (AvgIpc) is 2.17. The van der Waals surface area contributed by atoms with Crippen LogP contribution in [0.25, 0.3) is 0 Å². The molecular formula is C8H20N2O4S. The number of hydrogen-bond donors (Lipinski definition) is 2. The van der Waals surface area contributed by atoms with E-state index in [0.29, 0.717) is 6.61 Å². The summed E-state index contributed by atoms with van der Waals surface area (Å²) in [4.78, 5) is 0. The van der Waals surface area contributed by atoms with E-state index in [9.17, 15) is 8.42 Å². The van der Waals surface area contributed by atoms with Crippen molar-refractivity contribution in [3.05, 3.63) is 0 Å². The number of aliphatic hydroxyl groups excluding tert-OH is 1. The van der Waals surface area contributed by atoms with Gasteiger partial charge in [0.2, 0.25) is 0 Å². The molecule has 0 bridgehead atoms. The molecule has 0 atom stereocenters. The van der Waals surface area contributed by atoms with Gasteiger partial charge in [0.1, 0.15) is 0 Å². The number of nitrogens with one attached hydrogen (secondary N) is 1. The van der Waals surface area contributed by atoms with E-state index in [1.54, 1.807) is 13.8 Å². The van der Waals surface area contributed by atoms with Gasteiger partial charge in [-0.1, -0.05) is 0 Å². The molecule has 0 fully saturated rings. The summed E-state index contributed by atoms with van der Waals surface area (Å²) in [7, 11) is -0.641. The van der Waals surface area contributed by atoms with Gasteiger partial charge in [0.25, 0.3) is 10.2 Å². The maximum absolute atomic E-state index is 11.7. The zero-order chi connectivity index (χ0) is 12.1. The first kappa shape index (κ1) is 14.8. The molecule has 0 aliphatic heterocycles. The molecule has 0 saturated heterocycles. The number of aliphatic hydroxyl groups is 1. The minimum Gasteiger partial charge on any atom is -0.394 e. The molecule has 0 amide bonds. The van der Waals surface area contributed by atoms with Crippen LogP contribution in [0.15, 0.2) is 0 Å². The molecule has 0 aliphatic rings. The molecular weight excluding hydrogens is 220 g/mol. The van der Waals surface area contributed by atoms with Crippen LogP contribution in [0.4, 0.5) is 0 Å². The van der Waals surface area contributed by atoms with Crippen LogP contribution in [0.3, 0.4) is 0 Å². The fourth-order valence-corrected chi connectivity index (χ4v) is 2.04. The summed E-state index contributed by atoms with van der Waals surface area (Å²) in [6, 6.07) is 0. The molecule has 0 unspecified atom stereocenters. The van der Waals surface area contributed by atoms with Crippen LogP contribution in [0.2, 0.25) is 0 Å². The molecule has 0 aromatic rings. The second-order valence-corrected chi connectivity index (χ2v) is 5.62. The van der Waals surface area contributed by atoms with Gasteiger partial charge in [-0.25, -0.2) is 0 Å². The first-order valence-corrected chi connectivity index (χ1v) is 6.05. The summed E-state index contributed by atoms with van der Waals surface area (Å²) in [5.74, 6) is 0. The van der Waals surface area contributed by atoms with Crippen molar-refractivity contribution in [2.24, 2.45) is 0 Å². The average molecular weight is 240 g/mol. The third-order valence-corrected chi connectivity index (χ3v) is 3.97. The van der Waals surface area contributed by atoms with E-state index in [1.165, 1.54) is 14.2 Å². The van der Waals surface area contributed by atoms with Gasteiger partial charge in [0.05, 0.1) is 18.8 Å². The Labute approximate surface area is 91.4 Å². The fourth-order valence-electron chi connectivity index (χ4n) is 0.794. The standard InChI is InChI=1S/C8H20N2O4S/c1-8(2,7-11)10(3)15(12,13)9-5-6-14-4/h9,11H,5-7H2,1-4H3. The molecule has 2 N–H and O–H groups in total. The third kappa shape index (κ3) is 4.43. The topological polar surface area (TPSA) is 78.9 Å². The van der Waals surface area contributed by atoms with Gasteiger partial charge in [-0.3, -0.25) is 0 Å². The van der Waals surface area contributed by atoms with Crippen molar-refractivity contribution < 1.29 is 18.3 Å². The molecule has 7 heteroatoms. The van der Waals surface area contributed by atoms with E-state index < -0.39 is 15.7 Å². The number of rotatable bonds is 7. The molecule has 0 aliphatic carbocycles. The smallest absolute Gasteiger partial charge is 0.279 e. The Balaban J connectivity index is 4.46. The second kappa shape index (κ2) is 5.76. The Kier molecular flexibility index (Phi) is 5.68. The maximum Gasteiger partial charge on any atom is 0.279 e. The van der Waals surface area contributed by atoms with Gasteiger partial charge >= 0.3 is 0 Å². The first-order valence-electron chi connectivity index (χ1n) is 4.61. The number of hydrogen-bond acceptors (Lipinski definition) is 4. The van der Waals surface area contributed by atoms with E-state index in [4.69, 9.17) is 9.84 Å². The van der Waals surface area contributed by atoms with Crippen molar-refractivity contribution in [2.45, 2.75) is 19.4 Å². The lowest BCUT2D eigenvalue weighted by molar-refractivity contribution is 0.136. The quantitative estimate of drug-likeness (QED) is 0.569. The van der Waals surface area contributed by atoms with E-state index in [2.05, 4.69) is 4.72 Å². The summed E-state index contributed by atoms with van der Waals surface area (Å²) in [5.41, 5.74) is -0.821. The third-order valence-electron chi connectivity index (χ3n) is 2.19. The van der Waals surface area contributed by atoms with Crippen molar-refractivity contribution in [1.82, 2.24) is 9.03 Å². The predicted molar refractivity (Wildman–Crippen MR) is 57.7 cm³/mol. The summed E-state index contributed by atoms with van der Waals surface area (Å²) in [6.07, 6.45) is 0. The second-order valence-electron chi connectivity index (χ2n) is 3.83. The Hall–Kier alpha value is -0.210. The lowest BCUT2D eigenvalue weighted by Gasteiger charge is -2.32. The van der Waals surface area contributed by atoms with Gasteiger partial charge in [-0.05, 0) is 13.8 Å². The van der Waals surface area contributed by atoms with Gasteiger partial charge in [-0.2, -0.15) is 17.4 Å². The van der Waals surface area contributed by atoms with Crippen molar-refractivity contribution in [3.8, 4) is 0 Å². The van der Waals surface area contributed by atoms with Crippen molar-refractivity contribution in [1.29, 1.82) is 0 Å². The van der Waals surface area contributed by atoms with Gasteiger partial charge in [0.15, 0.2) is 0 Å². The molecule has 0 saturated carbocycles. The van der Waals surface area contributed by atoms with Crippen LogP contribution in [0, 0.1) is 0 Å². The zero-order valence-electron chi connectivity index (χ0n) is 9.65. The lowest BCUT2D eigenvalue weighted by atomic mass is 10.1. The zero-order valence-corrected chi connectivity index (χ0v) is 10.5.